The number of nitrogens with zero attached hydrogens (tertiary/aromatic N) is 1. The van der Waals surface area contributed by atoms with Crippen LogP contribution >= 0.6 is 0 Å². The van der Waals surface area contributed by atoms with Crippen molar-refractivity contribution >= 4 is 11.6 Å². The van der Waals surface area contributed by atoms with E-state index in [-0.39, 0.29) is 5.91 Å². The number of anilines is 1. The second-order valence-electron chi connectivity index (χ2n) is 3.63. The van der Waals surface area contributed by atoms with Crippen molar-refractivity contribution in [1.29, 1.82) is 0 Å². The Morgan fingerprint density at radius 1 is 1.24 bits per heavy atom. The van der Waals surface area contributed by atoms with Crippen LogP contribution in [0, 0.1) is 0 Å². The Labute approximate surface area is 100 Å². The Kier molecular flexibility index (Phi) is 3.40. The number of benzene rings is 1. The minimum atomic E-state index is -0.114. The van der Waals surface area contributed by atoms with Crippen LogP contribution in [-0.2, 0) is 4.79 Å². The lowest BCUT2D eigenvalue weighted by molar-refractivity contribution is -0.111. The lowest BCUT2D eigenvalue weighted by atomic mass is 10.2. The van der Waals surface area contributed by atoms with Crippen molar-refractivity contribution in [2.24, 2.45) is 0 Å². The zero-order valence-corrected chi connectivity index (χ0v) is 9.63. The van der Waals surface area contributed by atoms with Crippen LogP contribution in [0.25, 0.3) is 5.69 Å². The molecule has 17 heavy (non-hydrogen) atoms. The van der Waals surface area contributed by atoms with Crippen molar-refractivity contribution < 1.29 is 4.79 Å². The van der Waals surface area contributed by atoms with Gasteiger partial charge in [-0.05, 0) is 43.3 Å². The van der Waals surface area contributed by atoms with Gasteiger partial charge in [0.1, 0.15) is 0 Å². The van der Waals surface area contributed by atoms with Crippen LogP contribution in [-0.4, -0.2) is 10.5 Å². The van der Waals surface area contributed by atoms with Crippen LogP contribution < -0.4 is 5.32 Å². The van der Waals surface area contributed by atoms with E-state index in [4.69, 9.17) is 0 Å². The smallest absolute Gasteiger partial charge is 0.248 e. The largest absolute Gasteiger partial charge is 0.324 e. The summed E-state index contributed by atoms with van der Waals surface area (Å²) < 4.78 is 1.99. The van der Waals surface area contributed by atoms with Crippen LogP contribution in [0.3, 0.4) is 0 Å². The molecule has 0 aliphatic rings. The van der Waals surface area contributed by atoms with Crippen molar-refractivity contribution in [3.63, 3.8) is 0 Å². The van der Waals surface area contributed by atoms with E-state index in [0.717, 1.165) is 11.4 Å². The fourth-order valence-corrected chi connectivity index (χ4v) is 1.59. The van der Waals surface area contributed by atoms with Gasteiger partial charge in [0.05, 0.1) is 0 Å². The van der Waals surface area contributed by atoms with Gasteiger partial charge in [-0.1, -0.05) is 12.1 Å². The molecule has 3 heteroatoms. The summed E-state index contributed by atoms with van der Waals surface area (Å²) in [5, 5.41) is 2.81. The molecule has 1 amide bonds. The van der Waals surface area contributed by atoms with E-state index in [2.05, 4.69) is 5.32 Å². The molecule has 1 heterocycles. The van der Waals surface area contributed by atoms with Crippen LogP contribution in [0.2, 0.25) is 0 Å². The SMILES string of the molecule is C/C=C/C(=O)Nc1cccc(-n2cccc2)c1. The molecule has 3 nitrogen and oxygen atoms in total. The molecule has 0 spiro atoms. The van der Waals surface area contributed by atoms with Crippen molar-refractivity contribution in [2.75, 3.05) is 5.32 Å². The molecule has 1 N–H and O–H groups in total. The predicted octanol–water partition coefficient (Wildman–Crippen LogP) is 2.99. The van der Waals surface area contributed by atoms with Gasteiger partial charge in [0.25, 0.3) is 0 Å². The monoisotopic (exact) mass is 226 g/mol. The number of hydrogen-bond acceptors (Lipinski definition) is 1. The highest BCUT2D eigenvalue weighted by molar-refractivity contribution is 5.99. The Bertz CT molecular complexity index is 527. The lowest BCUT2D eigenvalue weighted by Crippen LogP contribution is -2.07. The van der Waals surface area contributed by atoms with E-state index in [0.29, 0.717) is 0 Å². The summed E-state index contributed by atoms with van der Waals surface area (Å²) in [5.74, 6) is -0.114. The fraction of sp³-hybridized carbons (Fsp3) is 0.0714. The molecule has 2 rings (SSSR count). The van der Waals surface area contributed by atoms with Crippen molar-refractivity contribution in [3.8, 4) is 5.69 Å². The first-order chi connectivity index (χ1) is 8.29. The molecule has 0 fully saturated rings. The summed E-state index contributed by atoms with van der Waals surface area (Å²) >= 11 is 0. The molecule has 2 aromatic rings. The van der Waals surface area contributed by atoms with Gasteiger partial charge < -0.3 is 9.88 Å². The Morgan fingerprint density at radius 2 is 2.00 bits per heavy atom. The standard InChI is InChI=1S/C14H14N2O/c1-2-6-14(17)15-12-7-5-8-13(11-12)16-9-3-4-10-16/h2-11H,1H3,(H,15,17)/b6-2+. The van der Waals surface area contributed by atoms with Gasteiger partial charge in [0.2, 0.25) is 5.91 Å². The maximum atomic E-state index is 11.4. The molecule has 0 radical (unpaired) electrons. The minimum absolute atomic E-state index is 0.114. The number of carbonyl (C=O) groups excluding carboxylic acids is 1. The minimum Gasteiger partial charge on any atom is -0.324 e. The van der Waals surface area contributed by atoms with E-state index < -0.39 is 0 Å². The number of allylic oxidation sites excluding steroid dienone is 1. The summed E-state index contributed by atoms with van der Waals surface area (Å²) in [7, 11) is 0. The Morgan fingerprint density at radius 3 is 2.71 bits per heavy atom. The average molecular weight is 226 g/mol. The number of aromatic nitrogens is 1. The van der Waals surface area contributed by atoms with E-state index >= 15 is 0 Å². The van der Waals surface area contributed by atoms with Crippen molar-refractivity contribution in [1.82, 2.24) is 4.57 Å². The van der Waals surface area contributed by atoms with Crippen LogP contribution in [0.4, 0.5) is 5.69 Å². The molecule has 0 saturated carbocycles. The summed E-state index contributed by atoms with van der Waals surface area (Å²) in [6, 6.07) is 11.6. The van der Waals surface area contributed by atoms with Gasteiger partial charge in [-0.15, -0.1) is 0 Å². The first kappa shape index (κ1) is 11.2. The molecule has 1 aromatic carbocycles. The van der Waals surface area contributed by atoms with Gasteiger partial charge in [0.15, 0.2) is 0 Å². The molecule has 0 atom stereocenters. The van der Waals surface area contributed by atoms with E-state index in [1.165, 1.54) is 6.08 Å². The van der Waals surface area contributed by atoms with Crippen LogP contribution in [0.1, 0.15) is 6.92 Å². The van der Waals surface area contributed by atoms with Gasteiger partial charge in [0, 0.05) is 23.8 Å². The third-order valence-corrected chi connectivity index (χ3v) is 2.33. The third kappa shape index (κ3) is 2.84. The normalized spacial score (nSPS) is 10.6. The zero-order chi connectivity index (χ0) is 12.1. The highest BCUT2D eigenvalue weighted by Gasteiger charge is 1.99. The third-order valence-electron chi connectivity index (χ3n) is 2.33. The van der Waals surface area contributed by atoms with Gasteiger partial charge in [-0.3, -0.25) is 4.79 Å². The Balaban J connectivity index is 2.20. The number of amides is 1. The summed E-state index contributed by atoms with van der Waals surface area (Å²) in [6.07, 6.45) is 7.15. The summed E-state index contributed by atoms with van der Waals surface area (Å²) in [6.45, 7) is 1.82. The number of carbonyl (C=O) groups is 1. The highest BCUT2D eigenvalue weighted by atomic mass is 16.1. The topological polar surface area (TPSA) is 34.0 Å². The maximum Gasteiger partial charge on any atom is 0.248 e. The molecular weight excluding hydrogens is 212 g/mol. The highest BCUT2D eigenvalue weighted by Crippen LogP contribution is 2.14. The predicted molar refractivity (Wildman–Crippen MR) is 69.2 cm³/mol. The van der Waals surface area contributed by atoms with Gasteiger partial charge >= 0.3 is 0 Å². The summed E-state index contributed by atoms with van der Waals surface area (Å²) in [5.41, 5.74) is 1.81. The first-order valence-corrected chi connectivity index (χ1v) is 5.46. The Hall–Kier alpha value is -2.29. The molecule has 0 aliphatic carbocycles. The zero-order valence-electron chi connectivity index (χ0n) is 9.63. The second kappa shape index (κ2) is 5.16. The molecule has 86 valence electrons. The van der Waals surface area contributed by atoms with E-state index in [1.54, 1.807) is 6.08 Å². The number of nitrogens with one attached hydrogen (secondary N) is 1. The molecule has 0 unspecified atom stereocenters. The van der Waals surface area contributed by atoms with Crippen molar-refractivity contribution in [2.45, 2.75) is 6.92 Å². The van der Waals surface area contributed by atoms with Gasteiger partial charge in [-0.25, -0.2) is 0 Å². The summed E-state index contributed by atoms with van der Waals surface area (Å²) in [4.78, 5) is 11.4. The van der Waals surface area contributed by atoms with Crippen molar-refractivity contribution in [3.05, 3.63) is 60.9 Å². The molecule has 1 aromatic heterocycles. The van der Waals surface area contributed by atoms with E-state index in [9.17, 15) is 4.79 Å². The molecule has 0 saturated heterocycles. The maximum absolute atomic E-state index is 11.4. The molecule has 0 bridgehead atoms. The molecule has 0 aliphatic heterocycles. The molecular formula is C14H14N2O. The first-order valence-electron chi connectivity index (χ1n) is 5.46. The number of hydrogen-bond donors (Lipinski definition) is 1. The van der Waals surface area contributed by atoms with Crippen LogP contribution in [0.15, 0.2) is 60.9 Å². The lowest BCUT2D eigenvalue weighted by Gasteiger charge is -2.06. The van der Waals surface area contributed by atoms with Crippen LogP contribution in [0.5, 0.6) is 0 Å². The average Bonchev–Trinajstić information content (AvgIpc) is 2.83. The fourth-order valence-electron chi connectivity index (χ4n) is 1.59. The van der Waals surface area contributed by atoms with E-state index in [1.807, 2.05) is 60.3 Å². The second-order valence-corrected chi connectivity index (χ2v) is 3.63. The number of rotatable bonds is 3. The van der Waals surface area contributed by atoms with Gasteiger partial charge in [-0.2, -0.15) is 0 Å². The quantitative estimate of drug-likeness (QED) is 0.802.